The van der Waals surface area contributed by atoms with Crippen LogP contribution in [0.15, 0.2) is 42.2 Å². The third-order valence-corrected chi connectivity index (χ3v) is 6.42. The quantitative estimate of drug-likeness (QED) is 0.563. The molecule has 6 atom stereocenters. The van der Waals surface area contributed by atoms with Crippen molar-refractivity contribution in [2.24, 2.45) is 5.92 Å². The molecule has 0 aromatic heterocycles. The SMILES string of the molecule is CC1C=Cc2cccc(OC3C=C(O)C(=O)C45OC34C(O)CCC5O)c2C(O)=C1. The molecule has 2 fully saturated rings. The van der Waals surface area contributed by atoms with Crippen molar-refractivity contribution >= 4 is 17.6 Å². The summed E-state index contributed by atoms with van der Waals surface area (Å²) in [7, 11) is 0. The van der Waals surface area contributed by atoms with Gasteiger partial charge in [0, 0.05) is 6.08 Å². The first-order chi connectivity index (χ1) is 13.8. The summed E-state index contributed by atoms with van der Waals surface area (Å²) in [5, 5.41) is 42.0. The van der Waals surface area contributed by atoms with E-state index in [2.05, 4.69) is 0 Å². The Balaban J connectivity index is 1.60. The molecule has 0 amide bonds. The maximum absolute atomic E-state index is 12.6. The standard InChI is InChI=1S/C22H22O7/c1-11-5-6-12-3-2-4-15(19(12)13(23)9-11)28-18-10-14(24)20(27)22-17(26)8-7-16(25)21(18,22)29-22/h2-6,9-11,16-18,23-26H,7-8H2,1H3. The highest BCUT2D eigenvalue weighted by Gasteiger charge is 2.87. The van der Waals surface area contributed by atoms with Gasteiger partial charge in [-0.3, -0.25) is 4.79 Å². The molecule has 5 rings (SSSR count). The summed E-state index contributed by atoms with van der Waals surface area (Å²) in [6.07, 6.45) is 3.96. The fraction of sp³-hybridized carbons (Fsp3) is 0.409. The average Bonchev–Trinajstić information content (AvgIpc) is 3.44. The van der Waals surface area contributed by atoms with E-state index in [0.29, 0.717) is 11.3 Å². The van der Waals surface area contributed by atoms with E-state index in [0.717, 1.165) is 5.56 Å². The Morgan fingerprint density at radius 1 is 1.10 bits per heavy atom. The van der Waals surface area contributed by atoms with Gasteiger partial charge in [0.05, 0.1) is 17.8 Å². The van der Waals surface area contributed by atoms with Gasteiger partial charge in [-0.2, -0.15) is 0 Å². The van der Waals surface area contributed by atoms with Crippen LogP contribution in [0.25, 0.3) is 11.8 Å². The number of Topliss-reactive ketones (excluding diaryl/α,β-unsaturated/α-hetero) is 1. The Bertz CT molecular complexity index is 993. The molecule has 29 heavy (non-hydrogen) atoms. The Morgan fingerprint density at radius 3 is 2.66 bits per heavy atom. The molecule has 7 nitrogen and oxygen atoms in total. The summed E-state index contributed by atoms with van der Waals surface area (Å²) in [5.41, 5.74) is -1.94. The fourth-order valence-corrected chi connectivity index (χ4v) is 4.95. The Kier molecular flexibility index (Phi) is 3.78. The highest BCUT2D eigenvalue weighted by atomic mass is 16.7. The van der Waals surface area contributed by atoms with Crippen LogP contribution < -0.4 is 4.74 Å². The molecule has 4 N–H and O–H groups in total. The van der Waals surface area contributed by atoms with Crippen LogP contribution in [0.2, 0.25) is 0 Å². The second-order valence-electron chi connectivity index (χ2n) is 8.15. The van der Waals surface area contributed by atoms with E-state index in [4.69, 9.17) is 9.47 Å². The van der Waals surface area contributed by atoms with Gasteiger partial charge in [-0.25, -0.2) is 0 Å². The number of benzene rings is 1. The van der Waals surface area contributed by atoms with Gasteiger partial charge in [0.1, 0.15) is 11.5 Å². The molecule has 1 saturated heterocycles. The largest absolute Gasteiger partial charge is 0.507 e. The number of fused-ring (bicyclic) bond motifs is 1. The zero-order chi connectivity index (χ0) is 20.6. The number of aliphatic hydroxyl groups is 4. The zero-order valence-corrected chi connectivity index (χ0v) is 15.8. The molecule has 3 aliphatic carbocycles. The number of rotatable bonds is 2. The van der Waals surface area contributed by atoms with Crippen molar-refractivity contribution in [1.82, 2.24) is 0 Å². The van der Waals surface area contributed by atoms with E-state index in [9.17, 15) is 25.2 Å². The number of allylic oxidation sites excluding steroid dienone is 2. The van der Waals surface area contributed by atoms with Gasteiger partial charge in [-0.05, 0) is 36.5 Å². The topological polar surface area (TPSA) is 120 Å². The van der Waals surface area contributed by atoms with E-state index in [-0.39, 0.29) is 24.5 Å². The lowest BCUT2D eigenvalue weighted by Crippen LogP contribution is -2.61. The van der Waals surface area contributed by atoms with Crippen molar-refractivity contribution in [3.05, 3.63) is 53.3 Å². The molecule has 1 aliphatic heterocycles. The number of ketones is 1. The number of carbonyl (C=O) groups is 1. The lowest BCUT2D eigenvalue weighted by Gasteiger charge is -2.38. The average molecular weight is 398 g/mol. The Hall–Kier alpha value is -2.61. The maximum Gasteiger partial charge on any atom is 0.234 e. The molecule has 1 aromatic carbocycles. The number of aliphatic hydroxyl groups excluding tert-OH is 4. The number of epoxide rings is 1. The summed E-state index contributed by atoms with van der Waals surface area (Å²) in [5.74, 6) is -0.899. The van der Waals surface area contributed by atoms with Crippen molar-refractivity contribution in [2.45, 2.75) is 49.3 Å². The predicted octanol–water partition coefficient (Wildman–Crippen LogP) is 2.04. The molecule has 0 spiro atoms. The molecule has 1 heterocycles. The van der Waals surface area contributed by atoms with Crippen LogP contribution in [0.3, 0.4) is 0 Å². The van der Waals surface area contributed by atoms with Gasteiger partial charge in [0.2, 0.25) is 5.78 Å². The van der Waals surface area contributed by atoms with Gasteiger partial charge in [0.25, 0.3) is 0 Å². The van der Waals surface area contributed by atoms with Gasteiger partial charge in [-0.15, -0.1) is 0 Å². The molecule has 152 valence electrons. The van der Waals surface area contributed by atoms with E-state index in [1.807, 2.05) is 25.1 Å². The van der Waals surface area contributed by atoms with Crippen LogP contribution in [0.5, 0.6) is 5.75 Å². The monoisotopic (exact) mass is 398 g/mol. The first-order valence-electron chi connectivity index (χ1n) is 9.72. The molecule has 4 aliphatic rings. The maximum atomic E-state index is 12.6. The zero-order valence-electron chi connectivity index (χ0n) is 15.8. The first-order valence-corrected chi connectivity index (χ1v) is 9.72. The van der Waals surface area contributed by atoms with Gasteiger partial charge in [0.15, 0.2) is 23.1 Å². The van der Waals surface area contributed by atoms with E-state index in [1.54, 1.807) is 18.2 Å². The molecular formula is C22H22O7. The summed E-state index contributed by atoms with van der Waals surface area (Å²) >= 11 is 0. The molecule has 1 saturated carbocycles. The number of carbonyl (C=O) groups excluding carboxylic acids is 1. The van der Waals surface area contributed by atoms with E-state index < -0.39 is 41.1 Å². The molecular weight excluding hydrogens is 376 g/mol. The third-order valence-electron chi connectivity index (χ3n) is 6.42. The summed E-state index contributed by atoms with van der Waals surface area (Å²) in [6, 6.07) is 5.28. The first kappa shape index (κ1) is 18.4. The van der Waals surface area contributed by atoms with E-state index in [1.165, 1.54) is 6.08 Å². The lowest BCUT2D eigenvalue weighted by molar-refractivity contribution is -0.130. The van der Waals surface area contributed by atoms with Crippen LogP contribution in [-0.2, 0) is 9.53 Å². The van der Waals surface area contributed by atoms with Crippen LogP contribution >= 0.6 is 0 Å². The molecule has 1 aromatic rings. The smallest absolute Gasteiger partial charge is 0.234 e. The normalized spacial score (nSPS) is 40.0. The minimum absolute atomic E-state index is 0.0276. The highest BCUT2D eigenvalue weighted by molar-refractivity contribution is 6.06. The molecule has 6 unspecified atom stereocenters. The number of ether oxygens (including phenoxy) is 2. The number of hydrogen-bond acceptors (Lipinski definition) is 7. The van der Waals surface area contributed by atoms with Crippen molar-refractivity contribution in [3.8, 4) is 5.75 Å². The lowest BCUT2D eigenvalue weighted by atomic mass is 9.67. The van der Waals surface area contributed by atoms with Crippen LogP contribution in [-0.4, -0.2) is 55.7 Å². The van der Waals surface area contributed by atoms with Crippen LogP contribution in [0, 0.1) is 5.92 Å². The molecule has 7 heteroatoms. The van der Waals surface area contributed by atoms with Gasteiger partial charge < -0.3 is 29.9 Å². The summed E-state index contributed by atoms with van der Waals surface area (Å²) in [4.78, 5) is 12.6. The molecule has 0 bridgehead atoms. The van der Waals surface area contributed by atoms with Crippen molar-refractivity contribution in [1.29, 1.82) is 0 Å². The van der Waals surface area contributed by atoms with E-state index >= 15 is 0 Å². The minimum Gasteiger partial charge on any atom is -0.507 e. The van der Waals surface area contributed by atoms with Crippen molar-refractivity contribution < 1.29 is 34.7 Å². The van der Waals surface area contributed by atoms with Crippen molar-refractivity contribution in [2.75, 3.05) is 0 Å². The van der Waals surface area contributed by atoms with Crippen LogP contribution in [0.4, 0.5) is 0 Å². The highest BCUT2D eigenvalue weighted by Crippen LogP contribution is 2.63. The Labute approximate surface area is 167 Å². The predicted molar refractivity (Wildman–Crippen MR) is 103 cm³/mol. The molecule has 0 radical (unpaired) electrons. The fourth-order valence-electron chi connectivity index (χ4n) is 4.95. The van der Waals surface area contributed by atoms with Crippen molar-refractivity contribution in [3.63, 3.8) is 0 Å². The second-order valence-corrected chi connectivity index (χ2v) is 8.15. The number of hydrogen-bond donors (Lipinski definition) is 4. The Morgan fingerprint density at radius 2 is 1.86 bits per heavy atom. The summed E-state index contributed by atoms with van der Waals surface area (Å²) < 4.78 is 11.9. The minimum atomic E-state index is -1.70. The van der Waals surface area contributed by atoms with Gasteiger partial charge >= 0.3 is 0 Å². The second kappa shape index (κ2) is 5.95. The summed E-state index contributed by atoms with van der Waals surface area (Å²) in [6.45, 7) is 1.94. The van der Waals surface area contributed by atoms with Gasteiger partial charge in [-0.1, -0.05) is 31.2 Å². The third kappa shape index (κ3) is 2.26. The van der Waals surface area contributed by atoms with Crippen LogP contribution in [0.1, 0.15) is 30.9 Å².